The third-order valence-electron chi connectivity index (χ3n) is 7.52. The second-order valence-corrected chi connectivity index (χ2v) is 11.0. The molecule has 4 nitrogen and oxygen atoms in total. The van der Waals surface area contributed by atoms with E-state index < -0.39 is 17.3 Å². The quantitative estimate of drug-likeness (QED) is 0.410. The fourth-order valence-corrected chi connectivity index (χ4v) is 6.08. The van der Waals surface area contributed by atoms with Crippen LogP contribution in [-0.4, -0.2) is 15.6 Å². The Bertz CT molecular complexity index is 1220. The third-order valence-corrected chi connectivity index (χ3v) is 8.23. The number of fused-ring (bicyclic) bond motifs is 1. The van der Waals surface area contributed by atoms with Gasteiger partial charge in [0.2, 0.25) is 0 Å². The second-order valence-electron chi connectivity index (χ2n) is 9.93. The van der Waals surface area contributed by atoms with E-state index in [0.29, 0.717) is 23.7 Å². The lowest BCUT2D eigenvalue weighted by Crippen LogP contribution is -2.23. The predicted octanol–water partition coefficient (Wildman–Crippen LogP) is 7.38. The molecule has 2 N–H and O–H groups in total. The highest BCUT2D eigenvalue weighted by Crippen LogP contribution is 2.49. The lowest BCUT2D eigenvalue weighted by Gasteiger charge is -2.34. The van der Waals surface area contributed by atoms with Crippen LogP contribution in [0.4, 0.5) is 13.2 Å². The highest BCUT2D eigenvalue weighted by atomic mass is 32.2. The van der Waals surface area contributed by atoms with Crippen molar-refractivity contribution >= 4 is 22.1 Å². The van der Waals surface area contributed by atoms with Gasteiger partial charge in [0, 0.05) is 18.2 Å². The van der Waals surface area contributed by atoms with E-state index in [4.69, 9.17) is 5.14 Å². The fourth-order valence-electron chi connectivity index (χ4n) is 5.72. The summed E-state index contributed by atoms with van der Waals surface area (Å²) < 4.78 is 55.3. The molecular formula is C29H33F3N2O2S. The molecule has 0 bridgehead atoms. The minimum Gasteiger partial charge on any atom is -0.406 e. The van der Waals surface area contributed by atoms with Crippen molar-refractivity contribution in [3.63, 3.8) is 0 Å². The maximum Gasteiger partial charge on any atom is 0.573 e. The number of hydrogen-bond donors (Lipinski definition) is 1. The molecule has 1 aromatic heterocycles. The zero-order valence-corrected chi connectivity index (χ0v) is 22.1. The van der Waals surface area contributed by atoms with E-state index >= 15 is 0 Å². The number of allylic oxidation sites excluding steroid dienone is 2. The molecule has 3 atom stereocenters. The number of alkyl halides is 3. The van der Waals surface area contributed by atoms with E-state index in [1.54, 1.807) is 18.2 Å². The molecule has 2 aromatic rings. The minimum atomic E-state index is -4.76. The molecule has 0 radical (unpaired) electrons. The van der Waals surface area contributed by atoms with Crippen LogP contribution in [0.2, 0.25) is 0 Å². The number of aromatic nitrogens is 1. The Labute approximate surface area is 219 Å². The van der Waals surface area contributed by atoms with E-state index in [0.717, 1.165) is 60.1 Å². The molecule has 0 spiro atoms. The maximum absolute atomic E-state index is 13.1. The SMILES string of the molecule is CCCC#CC1=C(c2ccc(S(N)=O)cn2)CC(C2CCCCC2)C(C)c2cc(OC(F)(F)F)ccc21. The molecule has 1 saturated carbocycles. The summed E-state index contributed by atoms with van der Waals surface area (Å²) in [5.74, 6) is 7.07. The van der Waals surface area contributed by atoms with Crippen LogP contribution in [-0.2, 0) is 11.0 Å². The van der Waals surface area contributed by atoms with Gasteiger partial charge in [0.1, 0.15) is 16.7 Å². The maximum atomic E-state index is 13.1. The number of halogens is 3. The highest BCUT2D eigenvalue weighted by Gasteiger charge is 2.36. The lowest BCUT2D eigenvalue weighted by molar-refractivity contribution is -0.274. The summed E-state index contributed by atoms with van der Waals surface area (Å²) in [6.45, 7) is 4.17. The number of benzene rings is 1. The van der Waals surface area contributed by atoms with E-state index in [1.807, 2.05) is 6.07 Å². The summed E-state index contributed by atoms with van der Waals surface area (Å²) >= 11 is 0. The Morgan fingerprint density at radius 2 is 1.92 bits per heavy atom. The Morgan fingerprint density at radius 3 is 2.54 bits per heavy atom. The zero-order valence-electron chi connectivity index (χ0n) is 21.2. The van der Waals surface area contributed by atoms with Crippen LogP contribution in [0.3, 0.4) is 0 Å². The van der Waals surface area contributed by atoms with Gasteiger partial charge in [-0.15, -0.1) is 13.2 Å². The predicted molar refractivity (Wildman–Crippen MR) is 141 cm³/mol. The van der Waals surface area contributed by atoms with Crippen molar-refractivity contribution in [1.29, 1.82) is 0 Å². The second kappa shape index (κ2) is 11.8. The largest absolute Gasteiger partial charge is 0.573 e. The van der Waals surface area contributed by atoms with Gasteiger partial charge in [-0.05, 0) is 77.6 Å². The number of pyridine rings is 1. The van der Waals surface area contributed by atoms with Crippen LogP contribution in [0.1, 0.15) is 88.0 Å². The number of nitrogens with zero attached hydrogens (tertiary/aromatic N) is 1. The van der Waals surface area contributed by atoms with Gasteiger partial charge in [-0.3, -0.25) is 4.98 Å². The number of nitrogens with two attached hydrogens (primary N) is 1. The van der Waals surface area contributed by atoms with Crippen molar-refractivity contribution in [2.75, 3.05) is 0 Å². The van der Waals surface area contributed by atoms with E-state index in [2.05, 4.69) is 35.4 Å². The number of ether oxygens (including phenoxy) is 1. The highest BCUT2D eigenvalue weighted by molar-refractivity contribution is 7.82. The average molecular weight is 531 g/mol. The zero-order chi connectivity index (χ0) is 26.6. The first kappa shape index (κ1) is 27.4. The Kier molecular flexibility index (Phi) is 8.76. The molecule has 0 amide bonds. The fraction of sp³-hybridized carbons (Fsp3) is 0.483. The number of unbranched alkanes of at least 4 members (excludes halogenated alkanes) is 1. The Balaban J connectivity index is 1.92. The Morgan fingerprint density at radius 1 is 1.16 bits per heavy atom. The van der Waals surface area contributed by atoms with Crippen LogP contribution in [0.25, 0.3) is 11.1 Å². The van der Waals surface area contributed by atoms with Crippen molar-refractivity contribution in [3.8, 4) is 17.6 Å². The van der Waals surface area contributed by atoms with E-state index in [1.165, 1.54) is 18.7 Å². The van der Waals surface area contributed by atoms with Crippen LogP contribution in [0.5, 0.6) is 5.75 Å². The molecule has 198 valence electrons. The van der Waals surface area contributed by atoms with Crippen molar-refractivity contribution in [2.45, 2.75) is 82.4 Å². The molecule has 1 fully saturated rings. The lowest BCUT2D eigenvalue weighted by atomic mass is 9.70. The summed E-state index contributed by atoms with van der Waals surface area (Å²) in [7, 11) is -1.64. The van der Waals surface area contributed by atoms with Gasteiger partial charge in [0.15, 0.2) is 0 Å². The molecule has 0 aliphatic heterocycles. The molecule has 2 aliphatic rings. The first-order valence-electron chi connectivity index (χ1n) is 12.9. The van der Waals surface area contributed by atoms with Gasteiger partial charge in [-0.25, -0.2) is 9.35 Å². The number of hydrogen-bond acceptors (Lipinski definition) is 3. The smallest absolute Gasteiger partial charge is 0.406 e. The van der Waals surface area contributed by atoms with Crippen LogP contribution < -0.4 is 9.88 Å². The molecule has 37 heavy (non-hydrogen) atoms. The molecular weight excluding hydrogens is 497 g/mol. The summed E-state index contributed by atoms with van der Waals surface area (Å²) in [4.78, 5) is 5.05. The molecule has 4 rings (SSSR count). The van der Waals surface area contributed by atoms with E-state index in [-0.39, 0.29) is 17.6 Å². The van der Waals surface area contributed by atoms with Crippen LogP contribution in [0.15, 0.2) is 41.4 Å². The molecule has 2 aliphatic carbocycles. The molecule has 3 unspecified atom stereocenters. The first-order valence-corrected chi connectivity index (χ1v) is 14.1. The van der Waals surface area contributed by atoms with Gasteiger partial charge in [0.05, 0.1) is 10.6 Å². The van der Waals surface area contributed by atoms with Gasteiger partial charge in [-0.1, -0.05) is 57.8 Å². The molecule has 0 saturated heterocycles. The minimum absolute atomic E-state index is 0.00572. The van der Waals surface area contributed by atoms with Crippen molar-refractivity contribution in [2.24, 2.45) is 17.0 Å². The van der Waals surface area contributed by atoms with E-state index in [9.17, 15) is 17.4 Å². The topological polar surface area (TPSA) is 65.2 Å². The molecule has 1 heterocycles. The monoisotopic (exact) mass is 530 g/mol. The average Bonchev–Trinajstić information content (AvgIpc) is 2.98. The summed E-state index contributed by atoms with van der Waals surface area (Å²) in [6.07, 6.45) is 4.84. The van der Waals surface area contributed by atoms with Crippen molar-refractivity contribution in [3.05, 3.63) is 53.3 Å². The van der Waals surface area contributed by atoms with Gasteiger partial charge < -0.3 is 4.74 Å². The van der Waals surface area contributed by atoms with Crippen molar-refractivity contribution < 1.29 is 22.1 Å². The van der Waals surface area contributed by atoms with Gasteiger partial charge >= 0.3 is 6.36 Å². The van der Waals surface area contributed by atoms with Crippen LogP contribution in [0, 0.1) is 23.7 Å². The standard InChI is InChI=1S/C29H33F3N2O2S/c1-3-4-6-11-23-24-14-12-21(36-29(30,31)32)16-26(24)19(2)25(20-9-7-5-8-10-20)17-27(23)28-15-13-22(18-34-28)37(33)35/h12-16,18-20,25H,3-5,7-10,17,33H2,1-2H3. The first-order chi connectivity index (χ1) is 17.7. The summed E-state index contributed by atoms with van der Waals surface area (Å²) in [5.41, 5.74) is 4.15. The summed E-state index contributed by atoms with van der Waals surface area (Å²) in [5, 5.41) is 5.54. The van der Waals surface area contributed by atoms with Crippen LogP contribution >= 0.6 is 0 Å². The third kappa shape index (κ3) is 6.63. The van der Waals surface area contributed by atoms with Gasteiger partial charge in [0.25, 0.3) is 0 Å². The summed E-state index contributed by atoms with van der Waals surface area (Å²) in [6, 6.07) is 8.16. The molecule has 1 aromatic carbocycles. The molecule has 8 heteroatoms. The Hall–Kier alpha value is -2.63. The van der Waals surface area contributed by atoms with Crippen molar-refractivity contribution in [1.82, 2.24) is 4.98 Å². The normalized spacial score (nSPS) is 21.5. The number of rotatable bonds is 5. The van der Waals surface area contributed by atoms with Gasteiger partial charge in [-0.2, -0.15) is 0 Å².